The number of nitrogens with two attached hydrogens (primary N) is 1. The van der Waals surface area contributed by atoms with Crippen molar-refractivity contribution in [3.63, 3.8) is 0 Å². The highest BCUT2D eigenvalue weighted by atomic mass is 32.2. The molecule has 0 aliphatic heterocycles. The minimum absolute atomic E-state index is 0.434. The summed E-state index contributed by atoms with van der Waals surface area (Å²) in [5.41, 5.74) is -0.00930. The summed E-state index contributed by atoms with van der Waals surface area (Å²) in [5.74, 6) is -1.76. The van der Waals surface area contributed by atoms with Crippen LogP contribution in [-0.2, 0) is 14.9 Å². The number of hydrogen-bond acceptors (Lipinski definition) is 4. The van der Waals surface area contributed by atoms with E-state index in [0.29, 0.717) is 5.56 Å². The summed E-state index contributed by atoms with van der Waals surface area (Å²) in [5, 5.41) is 0. The number of hydrogen-bond donors (Lipinski definition) is 1. The van der Waals surface area contributed by atoms with Gasteiger partial charge in [-0.15, -0.1) is 0 Å². The first-order chi connectivity index (χ1) is 8.54. The Kier molecular flexibility index (Phi) is 4.09. The van der Waals surface area contributed by atoms with Gasteiger partial charge in [-0.05, 0) is 24.6 Å². The van der Waals surface area contributed by atoms with E-state index in [9.17, 15) is 26.4 Å². The van der Waals surface area contributed by atoms with Gasteiger partial charge in [0.15, 0.2) is 0 Å². The second-order valence-electron chi connectivity index (χ2n) is 3.68. The zero-order chi connectivity index (χ0) is 14.8. The lowest BCUT2D eigenvalue weighted by atomic mass is 10.0. The van der Waals surface area contributed by atoms with E-state index in [0.717, 1.165) is 12.1 Å². The summed E-state index contributed by atoms with van der Waals surface area (Å²) in [4.78, 5) is 10.9. The molecule has 0 fully saturated rings. The van der Waals surface area contributed by atoms with Crippen LogP contribution in [0.4, 0.5) is 13.2 Å². The van der Waals surface area contributed by atoms with E-state index in [1.54, 1.807) is 0 Å². The first-order valence-electron chi connectivity index (χ1n) is 4.94. The zero-order valence-electron chi connectivity index (χ0n) is 9.64. The van der Waals surface area contributed by atoms with Crippen molar-refractivity contribution in [2.45, 2.75) is 18.3 Å². The third-order valence-electron chi connectivity index (χ3n) is 2.30. The Morgan fingerprint density at radius 2 is 1.74 bits per heavy atom. The molecule has 19 heavy (non-hydrogen) atoms. The minimum Gasteiger partial charge on any atom is -0.376 e. The third kappa shape index (κ3) is 3.60. The molecule has 0 heterocycles. The van der Waals surface area contributed by atoms with Crippen molar-refractivity contribution in [2.24, 2.45) is 5.73 Å². The highest BCUT2D eigenvalue weighted by Gasteiger charge is 2.48. The van der Waals surface area contributed by atoms with Crippen LogP contribution in [0.5, 0.6) is 5.75 Å². The molecule has 0 bridgehead atoms. The van der Waals surface area contributed by atoms with Gasteiger partial charge in [-0.2, -0.15) is 21.6 Å². The molecule has 1 aromatic rings. The van der Waals surface area contributed by atoms with Crippen LogP contribution in [0.2, 0.25) is 0 Å². The van der Waals surface area contributed by atoms with Crippen LogP contribution in [0.25, 0.3) is 0 Å². The van der Waals surface area contributed by atoms with E-state index in [1.807, 2.05) is 0 Å². The zero-order valence-corrected chi connectivity index (χ0v) is 10.5. The second-order valence-corrected chi connectivity index (χ2v) is 5.21. The van der Waals surface area contributed by atoms with Crippen molar-refractivity contribution >= 4 is 16.0 Å². The lowest BCUT2D eigenvalue weighted by molar-refractivity contribution is -0.119. The maximum Gasteiger partial charge on any atom is 0.534 e. The number of carbonyl (C=O) groups excluding carboxylic acids is 1. The number of alkyl halides is 3. The Labute approximate surface area is 107 Å². The highest BCUT2D eigenvalue weighted by molar-refractivity contribution is 7.87. The summed E-state index contributed by atoms with van der Waals surface area (Å²) < 4.78 is 61.5. The molecular weight excluding hydrogens is 287 g/mol. The molecule has 1 atom stereocenters. The first kappa shape index (κ1) is 15.3. The van der Waals surface area contributed by atoms with Crippen molar-refractivity contribution in [3.8, 4) is 5.75 Å². The maximum atomic E-state index is 12.1. The molecular formula is C10H10F3NO4S. The predicted molar refractivity (Wildman–Crippen MR) is 59.7 cm³/mol. The Bertz CT molecular complexity index is 565. The molecule has 9 heteroatoms. The first-order valence-corrected chi connectivity index (χ1v) is 6.35. The number of halogens is 3. The van der Waals surface area contributed by atoms with Gasteiger partial charge in [0.25, 0.3) is 0 Å². The summed E-state index contributed by atoms with van der Waals surface area (Å²) >= 11 is 0. The van der Waals surface area contributed by atoms with E-state index in [4.69, 9.17) is 5.73 Å². The van der Waals surface area contributed by atoms with Crippen molar-refractivity contribution in [2.75, 3.05) is 0 Å². The van der Waals surface area contributed by atoms with Crippen molar-refractivity contribution in [1.82, 2.24) is 0 Å². The molecule has 0 saturated carbocycles. The molecule has 1 rings (SSSR count). The van der Waals surface area contributed by atoms with E-state index in [-0.39, 0.29) is 0 Å². The molecule has 0 aliphatic carbocycles. The molecule has 0 aliphatic rings. The summed E-state index contributed by atoms with van der Waals surface area (Å²) in [7, 11) is -5.69. The minimum atomic E-state index is -5.69. The van der Waals surface area contributed by atoms with Gasteiger partial charge < -0.3 is 9.92 Å². The highest BCUT2D eigenvalue weighted by Crippen LogP contribution is 2.27. The van der Waals surface area contributed by atoms with Crippen LogP contribution < -0.4 is 9.92 Å². The molecule has 5 nitrogen and oxygen atoms in total. The fourth-order valence-corrected chi connectivity index (χ4v) is 1.61. The van der Waals surface area contributed by atoms with Crippen molar-refractivity contribution < 1.29 is 30.6 Å². The summed E-state index contributed by atoms with van der Waals surface area (Å²) in [6.07, 6.45) is 0. The topological polar surface area (TPSA) is 86.5 Å². The van der Waals surface area contributed by atoms with Crippen molar-refractivity contribution in [3.05, 3.63) is 29.8 Å². The fraction of sp³-hybridized carbons (Fsp3) is 0.300. The molecule has 1 aromatic carbocycles. The van der Waals surface area contributed by atoms with Gasteiger partial charge in [0.1, 0.15) is 5.75 Å². The second kappa shape index (κ2) is 5.08. The molecule has 0 saturated heterocycles. The van der Waals surface area contributed by atoms with Crippen LogP contribution >= 0.6 is 0 Å². The van der Waals surface area contributed by atoms with Gasteiger partial charge in [-0.1, -0.05) is 12.1 Å². The van der Waals surface area contributed by atoms with E-state index in [2.05, 4.69) is 4.18 Å². The average Bonchev–Trinajstić information content (AvgIpc) is 2.27. The van der Waals surface area contributed by atoms with Gasteiger partial charge in [0.05, 0.1) is 5.92 Å². The van der Waals surface area contributed by atoms with Crippen molar-refractivity contribution in [1.29, 1.82) is 0 Å². The van der Waals surface area contributed by atoms with Gasteiger partial charge in [0, 0.05) is 0 Å². The predicted octanol–water partition coefficient (Wildman–Crippen LogP) is 1.50. The molecule has 1 amide bonds. The van der Waals surface area contributed by atoms with Gasteiger partial charge >= 0.3 is 15.6 Å². The maximum absolute atomic E-state index is 12.1. The normalized spacial score (nSPS) is 13.9. The molecule has 0 aromatic heterocycles. The third-order valence-corrected chi connectivity index (χ3v) is 3.28. The Balaban J connectivity index is 2.93. The SMILES string of the molecule is C[C@@H](C(N)=O)c1ccc(OS(=O)(=O)C(F)(F)F)cc1. The van der Waals surface area contributed by atoms with Gasteiger partial charge in [0.2, 0.25) is 5.91 Å². The van der Waals surface area contributed by atoms with Gasteiger partial charge in [-0.25, -0.2) is 0 Å². The lowest BCUT2D eigenvalue weighted by Gasteiger charge is -2.11. The number of carbonyl (C=O) groups is 1. The molecule has 0 radical (unpaired) electrons. The van der Waals surface area contributed by atoms with Crippen LogP contribution in [0.3, 0.4) is 0 Å². The number of benzene rings is 1. The molecule has 0 spiro atoms. The standard InChI is InChI=1S/C10H10F3NO4S/c1-6(9(14)15)7-2-4-8(5-3-7)18-19(16,17)10(11,12)13/h2-6H,1H3,(H2,14,15)/t6-/m1/s1. The van der Waals surface area contributed by atoms with E-state index in [1.165, 1.54) is 19.1 Å². The largest absolute Gasteiger partial charge is 0.534 e. The van der Waals surface area contributed by atoms with Gasteiger partial charge in [-0.3, -0.25) is 4.79 Å². The Hall–Kier alpha value is -1.77. The number of rotatable bonds is 4. The average molecular weight is 297 g/mol. The smallest absolute Gasteiger partial charge is 0.376 e. The van der Waals surface area contributed by atoms with E-state index < -0.39 is 33.2 Å². The number of amides is 1. The van der Waals surface area contributed by atoms with Crippen LogP contribution in [0.15, 0.2) is 24.3 Å². The quantitative estimate of drug-likeness (QED) is 0.674. The molecule has 2 N–H and O–H groups in total. The Morgan fingerprint density at radius 1 is 1.26 bits per heavy atom. The van der Waals surface area contributed by atoms with E-state index >= 15 is 0 Å². The van der Waals surface area contributed by atoms with Crippen LogP contribution in [0.1, 0.15) is 18.4 Å². The van der Waals surface area contributed by atoms with Crippen LogP contribution in [-0.4, -0.2) is 19.8 Å². The molecule has 0 unspecified atom stereocenters. The summed E-state index contributed by atoms with van der Waals surface area (Å²) in [6, 6.07) is 4.55. The molecule has 106 valence electrons. The van der Waals surface area contributed by atoms with Crippen LogP contribution in [0, 0.1) is 0 Å². The monoisotopic (exact) mass is 297 g/mol. The summed E-state index contributed by atoms with van der Waals surface area (Å²) in [6.45, 7) is 1.50. The fourth-order valence-electron chi connectivity index (χ4n) is 1.15. The lowest BCUT2D eigenvalue weighted by Crippen LogP contribution is -2.28. The number of primary amides is 1. The Morgan fingerprint density at radius 3 is 2.11 bits per heavy atom.